The molecule has 0 fully saturated rings. The van der Waals surface area contributed by atoms with E-state index in [1.807, 2.05) is 18.4 Å². The monoisotopic (exact) mass is 272 g/mol. The molecule has 0 bridgehead atoms. The van der Waals surface area contributed by atoms with E-state index in [2.05, 4.69) is 4.98 Å². The van der Waals surface area contributed by atoms with E-state index in [0.29, 0.717) is 39.6 Å². The van der Waals surface area contributed by atoms with Crippen LogP contribution in [-0.4, -0.2) is 50.8 Å². The predicted molar refractivity (Wildman–Crippen MR) is 72.2 cm³/mol. The minimum absolute atomic E-state index is 0.523. The van der Waals surface area contributed by atoms with E-state index in [1.54, 1.807) is 18.0 Å². The summed E-state index contributed by atoms with van der Waals surface area (Å²) < 4.78 is 16.1. The molecule has 2 N–H and O–H groups in total. The zero-order chi connectivity index (χ0) is 13.1. The fourth-order valence-corrected chi connectivity index (χ4v) is 1.62. The van der Waals surface area contributed by atoms with Crippen LogP contribution in [0.3, 0.4) is 0 Å². The second-order valence-corrected chi connectivity index (χ2v) is 4.22. The van der Waals surface area contributed by atoms with E-state index >= 15 is 0 Å². The van der Waals surface area contributed by atoms with Crippen LogP contribution in [0.5, 0.6) is 5.75 Å². The quantitative estimate of drug-likeness (QED) is 0.509. The third kappa shape index (κ3) is 6.80. The molecule has 1 aromatic rings. The number of ether oxygens (including phenoxy) is 3. The second-order valence-electron chi connectivity index (χ2n) is 3.40. The van der Waals surface area contributed by atoms with Gasteiger partial charge in [-0.2, -0.15) is 0 Å². The molecule has 6 heteroatoms. The lowest BCUT2D eigenvalue weighted by atomic mass is 10.4. The van der Waals surface area contributed by atoms with Gasteiger partial charge in [0.15, 0.2) is 0 Å². The molecule has 18 heavy (non-hydrogen) atoms. The van der Waals surface area contributed by atoms with Crippen LogP contribution in [0.15, 0.2) is 23.4 Å². The number of pyridine rings is 1. The van der Waals surface area contributed by atoms with Crippen LogP contribution in [0.1, 0.15) is 0 Å². The number of nitrogens with zero attached hydrogens (tertiary/aromatic N) is 1. The summed E-state index contributed by atoms with van der Waals surface area (Å²) in [6.45, 7) is 3.33. The third-order valence-corrected chi connectivity index (χ3v) is 2.69. The Bertz CT molecular complexity index is 326. The molecule has 0 aliphatic rings. The van der Waals surface area contributed by atoms with Crippen LogP contribution in [0.25, 0.3) is 0 Å². The van der Waals surface area contributed by atoms with E-state index in [1.165, 1.54) is 0 Å². The maximum atomic E-state index is 5.54. The van der Waals surface area contributed by atoms with Crippen molar-refractivity contribution in [3.05, 3.63) is 18.3 Å². The molecule has 0 aliphatic carbocycles. The van der Waals surface area contributed by atoms with E-state index < -0.39 is 0 Å². The van der Waals surface area contributed by atoms with Gasteiger partial charge in [0.05, 0.1) is 31.5 Å². The lowest BCUT2D eigenvalue weighted by molar-refractivity contribution is 0.0387. The average molecular weight is 272 g/mol. The molecule has 0 aromatic carbocycles. The lowest BCUT2D eigenvalue weighted by Crippen LogP contribution is -2.14. The molecule has 0 amide bonds. The van der Waals surface area contributed by atoms with E-state index in [-0.39, 0.29) is 0 Å². The first-order valence-electron chi connectivity index (χ1n) is 5.85. The van der Waals surface area contributed by atoms with E-state index in [4.69, 9.17) is 19.9 Å². The number of thioether (sulfide) groups is 1. The summed E-state index contributed by atoms with van der Waals surface area (Å²) in [5.41, 5.74) is 5.29. The van der Waals surface area contributed by atoms with E-state index in [9.17, 15) is 0 Å². The van der Waals surface area contributed by atoms with Crippen molar-refractivity contribution in [3.63, 3.8) is 0 Å². The van der Waals surface area contributed by atoms with Crippen LogP contribution >= 0.6 is 11.8 Å². The molecule has 1 rings (SSSR count). The van der Waals surface area contributed by atoms with Crippen molar-refractivity contribution in [2.24, 2.45) is 5.73 Å². The molecule has 0 atom stereocenters. The highest BCUT2D eigenvalue weighted by Crippen LogP contribution is 2.17. The molecule has 0 saturated carbocycles. The molecule has 0 spiro atoms. The largest absolute Gasteiger partial charge is 0.491 e. The van der Waals surface area contributed by atoms with Gasteiger partial charge in [-0.15, -0.1) is 11.8 Å². The number of hydrogen-bond donors (Lipinski definition) is 1. The summed E-state index contributed by atoms with van der Waals surface area (Å²) in [6.07, 6.45) is 3.72. The van der Waals surface area contributed by atoms with Crippen LogP contribution in [0.2, 0.25) is 0 Å². The molecular weight excluding hydrogens is 252 g/mol. The van der Waals surface area contributed by atoms with Crippen molar-refractivity contribution < 1.29 is 14.2 Å². The summed E-state index contributed by atoms with van der Waals surface area (Å²) in [5, 5.41) is 0.948. The lowest BCUT2D eigenvalue weighted by Gasteiger charge is -2.08. The van der Waals surface area contributed by atoms with Crippen LogP contribution < -0.4 is 10.5 Å². The molecule has 0 unspecified atom stereocenters. The highest BCUT2D eigenvalue weighted by atomic mass is 32.2. The molecule has 5 nitrogen and oxygen atoms in total. The fourth-order valence-electron chi connectivity index (χ4n) is 1.22. The first kappa shape index (κ1) is 15.2. The van der Waals surface area contributed by atoms with Crippen LogP contribution in [0.4, 0.5) is 0 Å². The van der Waals surface area contributed by atoms with Gasteiger partial charge in [-0.05, 0) is 12.3 Å². The molecule has 102 valence electrons. The highest BCUT2D eigenvalue weighted by molar-refractivity contribution is 7.98. The standard InChI is InChI=1S/C12H20N2O3S/c1-18-12-10-11(2-4-14-12)17-9-8-16-7-6-15-5-3-13/h2,4,10H,3,5-9,13H2,1H3. The number of hydrogen-bond acceptors (Lipinski definition) is 6. The zero-order valence-electron chi connectivity index (χ0n) is 10.6. The molecule has 0 saturated heterocycles. The Morgan fingerprint density at radius 3 is 2.61 bits per heavy atom. The van der Waals surface area contributed by atoms with Crippen molar-refractivity contribution in [3.8, 4) is 5.75 Å². The SMILES string of the molecule is CSc1cc(OCCOCCOCCN)ccn1. The van der Waals surface area contributed by atoms with Gasteiger partial charge in [-0.3, -0.25) is 0 Å². The van der Waals surface area contributed by atoms with Gasteiger partial charge < -0.3 is 19.9 Å². The minimum Gasteiger partial charge on any atom is -0.491 e. The fraction of sp³-hybridized carbons (Fsp3) is 0.583. The number of nitrogens with two attached hydrogens (primary N) is 1. The first-order valence-corrected chi connectivity index (χ1v) is 7.07. The average Bonchev–Trinajstić information content (AvgIpc) is 2.42. The van der Waals surface area contributed by atoms with Crippen LogP contribution in [-0.2, 0) is 9.47 Å². The van der Waals surface area contributed by atoms with Gasteiger partial charge in [0.2, 0.25) is 0 Å². The number of rotatable bonds is 10. The van der Waals surface area contributed by atoms with Gasteiger partial charge in [0, 0.05) is 18.8 Å². The van der Waals surface area contributed by atoms with Gasteiger partial charge in [0.25, 0.3) is 0 Å². The maximum Gasteiger partial charge on any atom is 0.123 e. The Hall–Kier alpha value is -0.820. The Kier molecular flexibility index (Phi) is 8.58. The summed E-state index contributed by atoms with van der Waals surface area (Å²) in [5.74, 6) is 0.817. The van der Waals surface area contributed by atoms with Gasteiger partial charge >= 0.3 is 0 Å². The number of aromatic nitrogens is 1. The molecule has 1 aromatic heterocycles. The van der Waals surface area contributed by atoms with E-state index in [0.717, 1.165) is 10.8 Å². The maximum absolute atomic E-state index is 5.54. The van der Waals surface area contributed by atoms with Crippen LogP contribution in [0, 0.1) is 0 Å². The van der Waals surface area contributed by atoms with Crippen molar-refractivity contribution >= 4 is 11.8 Å². The van der Waals surface area contributed by atoms with Crippen molar-refractivity contribution in [1.29, 1.82) is 0 Å². The zero-order valence-corrected chi connectivity index (χ0v) is 11.4. The topological polar surface area (TPSA) is 66.6 Å². The summed E-state index contributed by atoms with van der Waals surface area (Å²) in [7, 11) is 0. The van der Waals surface area contributed by atoms with Gasteiger partial charge in [0.1, 0.15) is 12.4 Å². The first-order chi connectivity index (χ1) is 8.86. The van der Waals surface area contributed by atoms with Crippen molar-refractivity contribution in [2.75, 3.05) is 45.8 Å². The second kappa shape index (κ2) is 10.1. The predicted octanol–water partition coefficient (Wildman–Crippen LogP) is 1.17. The van der Waals surface area contributed by atoms with Gasteiger partial charge in [-0.25, -0.2) is 4.98 Å². The van der Waals surface area contributed by atoms with Gasteiger partial charge in [-0.1, -0.05) is 0 Å². The Morgan fingerprint density at radius 1 is 1.17 bits per heavy atom. The molecular formula is C12H20N2O3S. The molecule has 0 radical (unpaired) electrons. The highest BCUT2D eigenvalue weighted by Gasteiger charge is 1.97. The van der Waals surface area contributed by atoms with Crippen molar-refractivity contribution in [1.82, 2.24) is 4.98 Å². The Labute approximate surface area is 112 Å². The summed E-state index contributed by atoms with van der Waals surface area (Å²) in [6, 6.07) is 3.75. The Morgan fingerprint density at radius 2 is 1.89 bits per heavy atom. The smallest absolute Gasteiger partial charge is 0.123 e. The normalized spacial score (nSPS) is 10.6. The molecule has 0 aliphatic heterocycles. The Balaban J connectivity index is 2.03. The summed E-state index contributed by atoms with van der Waals surface area (Å²) >= 11 is 1.59. The third-order valence-electron chi connectivity index (χ3n) is 2.05. The minimum atomic E-state index is 0.523. The summed E-state index contributed by atoms with van der Waals surface area (Å²) in [4.78, 5) is 4.17. The van der Waals surface area contributed by atoms with Crippen molar-refractivity contribution in [2.45, 2.75) is 5.03 Å². The molecule has 1 heterocycles.